The monoisotopic (exact) mass is 297 g/mol. The molecule has 0 aliphatic carbocycles. The smallest absolute Gasteiger partial charge is 0.255 e. The highest BCUT2D eigenvalue weighted by molar-refractivity contribution is 5.94. The topological polar surface area (TPSA) is 66.3 Å². The van der Waals surface area contributed by atoms with Crippen LogP contribution in [-0.4, -0.2) is 44.6 Å². The van der Waals surface area contributed by atoms with Gasteiger partial charge in [0.15, 0.2) is 0 Å². The molecule has 2 aromatic heterocycles. The Hall–Kier alpha value is -2.27. The van der Waals surface area contributed by atoms with E-state index in [0.29, 0.717) is 24.9 Å². The van der Waals surface area contributed by atoms with Gasteiger partial charge in [-0.1, -0.05) is 6.07 Å². The summed E-state index contributed by atoms with van der Waals surface area (Å²) in [4.78, 5) is 22.6. The van der Waals surface area contributed by atoms with Crippen molar-refractivity contribution in [3.05, 3.63) is 59.7 Å². The number of pyridine rings is 2. The lowest BCUT2D eigenvalue weighted by atomic mass is 10.0. The molecule has 0 saturated carbocycles. The highest BCUT2D eigenvalue weighted by Crippen LogP contribution is 2.23. The Morgan fingerprint density at radius 3 is 2.95 bits per heavy atom. The highest BCUT2D eigenvalue weighted by Gasteiger charge is 2.36. The molecule has 0 radical (unpaired) electrons. The Labute approximate surface area is 129 Å². The number of amides is 1. The standard InChI is InChI=1S/C17H19N3O2/c1-12-7-14(11-19-9-12)17(22)20-6-4-16(21)15(20)8-13-3-2-5-18-10-13/h2-3,5,7,9-11,15-16,21H,4,6,8H2,1H3/t15-,16+/m0/s1. The number of likely N-dealkylation sites (tertiary alicyclic amines) is 1. The van der Waals surface area contributed by atoms with Crippen molar-refractivity contribution in [1.82, 2.24) is 14.9 Å². The normalized spacial score (nSPS) is 21.1. The third-order valence-electron chi connectivity index (χ3n) is 4.06. The SMILES string of the molecule is Cc1cncc(C(=O)N2CC[C@@H](O)[C@@H]2Cc2cccnc2)c1. The maximum Gasteiger partial charge on any atom is 0.255 e. The van der Waals surface area contributed by atoms with E-state index in [4.69, 9.17) is 0 Å². The second kappa shape index (κ2) is 6.23. The largest absolute Gasteiger partial charge is 0.391 e. The molecule has 1 amide bonds. The summed E-state index contributed by atoms with van der Waals surface area (Å²) >= 11 is 0. The van der Waals surface area contributed by atoms with Crippen molar-refractivity contribution in [3.63, 3.8) is 0 Å². The number of hydrogen-bond donors (Lipinski definition) is 1. The minimum absolute atomic E-state index is 0.0679. The lowest BCUT2D eigenvalue weighted by Gasteiger charge is -2.26. The van der Waals surface area contributed by atoms with Gasteiger partial charge < -0.3 is 10.0 Å². The summed E-state index contributed by atoms with van der Waals surface area (Å²) < 4.78 is 0. The van der Waals surface area contributed by atoms with Crippen LogP contribution in [0.4, 0.5) is 0 Å². The number of carbonyl (C=O) groups excluding carboxylic acids is 1. The van der Waals surface area contributed by atoms with Gasteiger partial charge in [-0.15, -0.1) is 0 Å². The molecule has 0 bridgehead atoms. The van der Waals surface area contributed by atoms with Crippen LogP contribution >= 0.6 is 0 Å². The number of rotatable bonds is 3. The molecule has 0 unspecified atom stereocenters. The Bertz CT molecular complexity index is 660. The molecular formula is C17H19N3O2. The Balaban J connectivity index is 1.81. The van der Waals surface area contributed by atoms with Crippen molar-refractivity contribution >= 4 is 5.91 Å². The first kappa shape index (κ1) is 14.7. The van der Waals surface area contributed by atoms with Crippen molar-refractivity contribution in [2.45, 2.75) is 31.9 Å². The number of aliphatic hydroxyl groups excluding tert-OH is 1. The van der Waals surface area contributed by atoms with Gasteiger partial charge in [0.2, 0.25) is 0 Å². The first-order valence-electron chi connectivity index (χ1n) is 7.45. The molecule has 3 heterocycles. The van der Waals surface area contributed by atoms with Gasteiger partial charge in [0.1, 0.15) is 0 Å². The van der Waals surface area contributed by atoms with Gasteiger partial charge in [-0.05, 0) is 43.0 Å². The van der Waals surface area contributed by atoms with Crippen LogP contribution in [0.3, 0.4) is 0 Å². The summed E-state index contributed by atoms with van der Waals surface area (Å²) in [6.45, 7) is 2.48. The quantitative estimate of drug-likeness (QED) is 0.934. The van der Waals surface area contributed by atoms with Crippen molar-refractivity contribution in [1.29, 1.82) is 0 Å². The third kappa shape index (κ3) is 2.99. The molecule has 0 aromatic carbocycles. The van der Waals surface area contributed by atoms with E-state index in [9.17, 15) is 9.90 Å². The van der Waals surface area contributed by atoms with E-state index in [2.05, 4.69) is 9.97 Å². The number of aromatic nitrogens is 2. The molecule has 2 aromatic rings. The summed E-state index contributed by atoms with van der Waals surface area (Å²) in [5.74, 6) is -0.0679. The Morgan fingerprint density at radius 2 is 2.23 bits per heavy atom. The third-order valence-corrected chi connectivity index (χ3v) is 4.06. The zero-order chi connectivity index (χ0) is 15.5. The van der Waals surface area contributed by atoms with Crippen LogP contribution in [0.25, 0.3) is 0 Å². The summed E-state index contributed by atoms with van der Waals surface area (Å²) in [5.41, 5.74) is 2.55. The Morgan fingerprint density at radius 1 is 1.36 bits per heavy atom. The average molecular weight is 297 g/mol. The van der Waals surface area contributed by atoms with Gasteiger partial charge in [-0.25, -0.2) is 0 Å². The van der Waals surface area contributed by atoms with Crippen LogP contribution in [0.1, 0.15) is 27.9 Å². The van der Waals surface area contributed by atoms with Gasteiger partial charge >= 0.3 is 0 Å². The van der Waals surface area contributed by atoms with Crippen molar-refractivity contribution < 1.29 is 9.90 Å². The summed E-state index contributed by atoms with van der Waals surface area (Å²) in [5, 5.41) is 10.2. The lowest BCUT2D eigenvalue weighted by molar-refractivity contribution is 0.0639. The van der Waals surface area contributed by atoms with Gasteiger partial charge in [0.25, 0.3) is 5.91 Å². The fraction of sp³-hybridized carbons (Fsp3) is 0.353. The van der Waals surface area contributed by atoms with E-state index >= 15 is 0 Å². The van der Waals surface area contributed by atoms with E-state index in [1.54, 1.807) is 29.7 Å². The van der Waals surface area contributed by atoms with Crippen LogP contribution < -0.4 is 0 Å². The van der Waals surface area contributed by atoms with E-state index in [1.165, 1.54) is 0 Å². The maximum atomic E-state index is 12.7. The predicted octanol–water partition coefficient (Wildman–Crippen LogP) is 1.60. The van der Waals surface area contributed by atoms with Gasteiger partial charge in [0.05, 0.1) is 17.7 Å². The highest BCUT2D eigenvalue weighted by atomic mass is 16.3. The molecule has 5 heteroatoms. The molecule has 2 atom stereocenters. The van der Waals surface area contributed by atoms with Crippen LogP contribution in [0, 0.1) is 6.92 Å². The van der Waals surface area contributed by atoms with E-state index in [-0.39, 0.29) is 11.9 Å². The molecule has 1 fully saturated rings. The van der Waals surface area contributed by atoms with Crippen molar-refractivity contribution in [2.24, 2.45) is 0 Å². The maximum absolute atomic E-state index is 12.7. The lowest BCUT2D eigenvalue weighted by Crippen LogP contribution is -2.41. The predicted molar refractivity (Wildman–Crippen MR) is 82.4 cm³/mol. The summed E-state index contributed by atoms with van der Waals surface area (Å²) in [6, 6.07) is 5.46. The fourth-order valence-corrected chi connectivity index (χ4v) is 2.93. The average Bonchev–Trinajstić information content (AvgIpc) is 2.89. The molecule has 1 aliphatic rings. The van der Waals surface area contributed by atoms with Gasteiger partial charge in [-0.3, -0.25) is 14.8 Å². The Kier molecular flexibility index (Phi) is 4.15. The first-order chi connectivity index (χ1) is 10.6. The number of nitrogens with zero attached hydrogens (tertiary/aromatic N) is 3. The molecule has 1 saturated heterocycles. The zero-order valence-electron chi connectivity index (χ0n) is 12.5. The van der Waals surface area contributed by atoms with Crippen molar-refractivity contribution in [3.8, 4) is 0 Å². The number of carbonyl (C=O) groups is 1. The number of hydrogen-bond acceptors (Lipinski definition) is 4. The minimum atomic E-state index is -0.498. The number of aryl methyl sites for hydroxylation is 1. The van der Waals surface area contributed by atoms with Gasteiger partial charge in [-0.2, -0.15) is 0 Å². The minimum Gasteiger partial charge on any atom is -0.391 e. The second-order valence-electron chi connectivity index (χ2n) is 5.74. The van der Waals surface area contributed by atoms with Crippen LogP contribution in [0.5, 0.6) is 0 Å². The number of aliphatic hydroxyl groups is 1. The molecule has 1 aliphatic heterocycles. The molecule has 114 valence electrons. The molecule has 22 heavy (non-hydrogen) atoms. The molecule has 5 nitrogen and oxygen atoms in total. The van der Waals surface area contributed by atoms with Crippen molar-refractivity contribution in [2.75, 3.05) is 6.54 Å². The van der Waals surface area contributed by atoms with Gasteiger partial charge in [0, 0.05) is 31.3 Å². The molecule has 1 N–H and O–H groups in total. The van der Waals surface area contributed by atoms with E-state index in [1.807, 2.05) is 25.1 Å². The fourth-order valence-electron chi connectivity index (χ4n) is 2.93. The van der Waals surface area contributed by atoms with E-state index in [0.717, 1.165) is 11.1 Å². The summed E-state index contributed by atoms with van der Waals surface area (Å²) in [6.07, 6.45) is 7.53. The molecule has 3 rings (SSSR count). The van der Waals surface area contributed by atoms with Crippen LogP contribution in [0.2, 0.25) is 0 Å². The van der Waals surface area contributed by atoms with E-state index < -0.39 is 6.10 Å². The first-order valence-corrected chi connectivity index (χ1v) is 7.45. The zero-order valence-corrected chi connectivity index (χ0v) is 12.5. The second-order valence-corrected chi connectivity index (χ2v) is 5.74. The van der Waals surface area contributed by atoms with Crippen LogP contribution in [0.15, 0.2) is 43.0 Å². The molecule has 0 spiro atoms. The van der Waals surface area contributed by atoms with Crippen LogP contribution in [-0.2, 0) is 6.42 Å². The molecular weight excluding hydrogens is 278 g/mol. The summed E-state index contributed by atoms with van der Waals surface area (Å²) in [7, 11) is 0.